The van der Waals surface area contributed by atoms with Gasteiger partial charge in [-0.05, 0) is 12.1 Å². The number of hydrogen-bond donors (Lipinski definition) is 1. The van der Waals surface area contributed by atoms with E-state index < -0.39 is 0 Å². The molecule has 1 aromatic heterocycles. The van der Waals surface area contributed by atoms with E-state index in [1.54, 1.807) is 6.07 Å². The highest BCUT2D eigenvalue weighted by Gasteiger charge is 2.04. The number of imidazole rings is 1. The average molecular weight is 161 g/mol. The molecule has 2 rings (SSSR count). The van der Waals surface area contributed by atoms with Gasteiger partial charge in [-0.1, -0.05) is 12.1 Å². The van der Waals surface area contributed by atoms with Crippen molar-refractivity contribution in [1.82, 2.24) is 9.55 Å². The van der Waals surface area contributed by atoms with Crippen molar-refractivity contribution < 1.29 is 4.79 Å². The molecule has 0 spiro atoms. The number of rotatable bonds is 1. The second-order valence-electron chi connectivity index (χ2n) is 2.43. The average Bonchev–Trinajstić information content (AvgIpc) is 2.40. The van der Waals surface area contributed by atoms with Crippen LogP contribution in [0, 0.1) is 0 Å². The third-order valence-corrected chi connectivity index (χ3v) is 1.73. The summed E-state index contributed by atoms with van der Waals surface area (Å²) in [6.07, 6.45) is 0.657. The molecule has 0 aliphatic heterocycles. The van der Waals surface area contributed by atoms with Crippen molar-refractivity contribution in [3.05, 3.63) is 24.3 Å². The summed E-state index contributed by atoms with van der Waals surface area (Å²) in [7, 11) is 0. The second-order valence-corrected chi connectivity index (χ2v) is 2.43. The minimum absolute atomic E-state index is 0.228. The monoisotopic (exact) mass is 161 g/mol. The summed E-state index contributed by atoms with van der Waals surface area (Å²) in [4.78, 5) is 14.5. The highest BCUT2D eigenvalue weighted by atomic mass is 16.1. The van der Waals surface area contributed by atoms with Crippen molar-refractivity contribution in [3.8, 4) is 0 Å². The highest BCUT2D eigenvalue weighted by Crippen LogP contribution is 2.14. The van der Waals surface area contributed by atoms with Crippen LogP contribution in [0.25, 0.3) is 11.0 Å². The van der Waals surface area contributed by atoms with Crippen LogP contribution in [0.15, 0.2) is 24.3 Å². The van der Waals surface area contributed by atoms with Gasteiger partial charge in [0.15, 0.2) is 0 Å². The van der Waals surface area contributed by atoms with Crippen molar-refractivity contribution in [1.29, 1.82) is 0 Å². The van der Waals surface area contributed by atoms with Crippen LogP contribution in [0.1, 0.15) is 0 Å². The van der Waals surface area contributed by atoms with E-state index >= 15 is 0 Å². The van der Waals surface area contributed by atoms with Crippen LogP contribution in [0.4, 0.5) is 5.95 Å². The van der Waals surface area contributed by atoms with Crippen LogP contribution in [0.5, 0.6) is 0 Å². The van der Waals surface area contributed by atoms with Gasteiger partial charge in [0.05, 0.1) is 11.0 Å². The van der Waals surface area contributed by atoms with Crippen molar-refractivity contribution in [2.75, 3.05) is 5.73 Å². The molecule has 0 aliphatic carbocycles. The van der Waals surface area contributed by atoms with Gasteiger partial charge in [0.25, 0.3) is 0 Å². The minimum atomic E-state index is 0.228. The standard InChI is InChI=1S/C8H7N3O/c9-8-10-6-3-1-2-4-7(6)11(8)5-12/h1-5H,(H2,9,10). The van der Waals surface area contributed by atoms with Crippen LogP contribution >= 0.6 is 0 Å². The van der Waals surface area contributed by atoms with Crippen LogP contribution in [0.3, 0.4) is 0 Å². The molecule has 0 fully saturated rings. The maximum Gasteiger partial charge on any atom is 0.221 e. The molecule has 12 heavy (non-hydrogen) atoms. The first-order chi connectivity index (χ1) is 5.83. The first-order valence-electron chi connectivity index (χ1n) is 3.50. The summed E-state index contributed by atoms with van der Waals surface area (Å²) in [5.74, 6) is 0.228. The summed E-state index contributed by atoms with van der Waals surface area (Å²) in [5.41, 5.74) is 6.96. The zero-order chi connectivity index (χ0) is 8.55. The Morgan fingerprint density at radius 1 is 1.42 bits per heavy atom. The van der Waals surface area contributed by atoms with Gasteiger partial charge in [-0.2, -0.15) is 0 Å². The number of carbonyl (C=O) groups excluding carboxylic acids is 1. The number of para-hydroxylation sites is 2. The van der Waals surface area contributed by atoms with Crippen LogP contribution in [0.2, 0.25) is 0 Å². The number of nitrogen functional groups attached to an aromatic ring is 1. The maximum absolute atomic E-state index is 10.5. The molecule has 0 aliphatic rings. The fourth-order valence-corrected chi connectivity index (χ4v) is 1.17. The minimum Gasteiger partial charge on any atom is -0.369 e. The largest absolute Gasteiger partial charge is 0.369 e. The number of hydrogen-bond acceptors (Lipinski definition) is 3. The molecule has 1 heterocycles. The second kappa shape index (κ2) is 2.34. The molecule has 0 radical (unpaired) electrons. The van der Waals surface area contributed by atoms with Gasteiger partial charge in [0.2, 0.25) is 12.4 Å². The first kappa shape index (κ1) is 6.84. The van der Waals surface area contributed by atoms with Crippen molar-refractivity contribution in [2.24, 2.45) is 0 Å². The van der Waals surface area contributed by atoms with Crippen LogP contribution in [-0.2, 0) is 4.79 Å². The van der Waals surface area contributed by atoms with Gasteiger partial charge in [-0.3, -0.25) is 9.36 Å². The third kappa shape index (κ3) is 0.780. The summed E-state index contributed by atoms with van der Waals surface area (Å²) in [6.45, 7) is 0. The Hall–Kier alpha value is -1.84. The number of nitrogens with zero attached hydrogens (tertiary/aromatic N) is 2. The Morgan fingerprint density at radius 2 is 2.17 bits per heavy atom. The van der Waals surface area contributed by atoms with E-state index in [2.05, 4.69) is 4.98 Å². The quantitative estimate of drug-likeness (QED) is 0.625. The lowest BCUT2D eigenvalue weighted by atomic mass is 10.3. The molecule has 0 amide bonds. The fraction of sp³-hybridized carbons (Fsp3) is 0. The third-order valence-electron chi connectivity index (χ3n) is 1.73. The zero-order valence-corrected chi connectivity index (χ0v) is 6.27. The highest BCUT2D eigenvalue weighted by molar-refractivity contribution is 5.85. The number of benzene rings is 1. The Morgan fingerprint density at radius 3 is 2.92 bits per heavy atom. The Bertz CT molecular complexity index is 433. The molecule has 60 valence electrons. The first-order valence-corrected chi connectivity index (χ1v) is 3.50. The molecule has 0 unspecified atom stereocenters. The molecule has 0 saturated carbocycles. The summed E-state index contributed by atoms with van der Waals surface area (Å²) >= 11 is 0. The lowest BCUT2D eigenvalue weighted by molar-refractivity contribution is 0.549. The predicted octanol–water partition coefficient (Wildman–Crippen LogP) is 0.657. The molecule has 0 atom stereocenters. The Labute approximate surface area is 68.6 Å². The molecule has 1 aromatic carbocycles. The number of anilines is 1. The molecule has 4 heteroatoms. The van der Waals surface area contributed by atoms with E-state index in [-0.39, 0.29) is 5.95 Å². The lowest BCUT2D eigenvalue weighted by Gasteiger charge is -1.91. The molecule has 2 aromatic rings. The van der Waals surface area contributed by atoms with Crippen molar-refractivity contribution >= 4 is 23.4 Å². The van der Waals surface area contributed by atoms with Crippen LogP contribution in [-0.4, -0.2) is 16.0 Å². The Balaban J connectivity index is 2.90. The van der Waals surface area contributed by atoms with Crippen molar-refractivity contribution in [3.63, 3.8) is 0 Å². The number of carbonyl (C=O) groups is 1. The Kier molecular flexibility index (Phi) is 1.33. The van der Waals surface area contributed by atoms with Gasteiger partial charge in [0.1, 0.15) is 0 Å². The van der Waals surface area contributed by atoms with Gasteiger partial charge in [-0.25, -0.2) is 4.98 Å². The fourth-order valence-electron chi connectivity index (χ4n) is 1.17. The molecular weight excluding hydrogens is 154 g/mol. The smallest absolute Gasteiger partial charge is 0.221 e. The predicted molar refractivity (Wildman–Crippen MR) is 46.3 cm³/mol. The number of fused-ring (bicyclic) bond motifs is 1. The van der Waals surface area contributed by atoms with E-state index in [1.165, 1.54) is 4.57 Å². The van der Waals surface area contributed by atoms with E-state index in [0.717, 1.165) is 11.0 Å². The maximum atomic E-state index is 10.5. The normalized spacial score (nSPS) is 10.3. The van der Waals surface area contributed by atoms with E-state index in [1.807, 2.05) is 18.2 Å². The summed E-state index contributed by atoms with van der Waals surface area (Å²) in [6, 6.07) is 7.30. The SMILES string of the molecule is Nc1nc2ccccc2n1C=O. The number of aromatic nitrogens is 2. The summed E-state index contributed by atoms with van der Waals surface area (Å²) < 4.78 is 1.31. The molecular formula is C8H7N3O. The van der Waals surface area contributed by atoms with Crippen molar-refractivity contribution in [2.45, 2.75) is 0 Å². The molecule has 0 saturated heterocycles. The molecule has 4 nitrogen and oxygen atoms in total. The lowest BCUT2D eigenvalue weighted by Crippen LogP contribution is -2.00. The van der Waals surface area contributed by atoms with E-state index in [0.29, 0.717) is 6.41 Å². The van der Waals surface area contributed by atoms with E-state index in [9.17, 15) is 4.79 Å². The molecule has 2 N–H and O–H groups in total. The van der Waals surface area contributed by atoms with Gasteiger partial charge >= 0.3 is 0 Å². The zero-order valence-electron chi connectivity index (χ0n) is 6.27. The topological polar surface area (TPSA) is 60.9 Å². The summed E-state index contributed by atoms with van der Waals surface area (Å²) in [5, 5.41) is 0. The van der Waals surface area contributed by atoms with Gasteiger partial charge in [-0.15, -0.1) is 0 Å². The number of nitrogens with two attached hydrogens (primary N) is 1. The van der Waals surface area contributed by atoms with E-state index in [4.69, 9.17) is 5.73 Å². The van der Waals surface area contributed by atoms with Gasteiger partial charge < -0.3 is 5.73 Å². The van der Waals surface area contributed by atoms with Gasteiger partial charge in [0, 0.05) is 0 Å². The van der Waals surface area contributed by atoms with Crippen LogP contribution < -0.4 is 5.73 Å². The molecule has 0 bridgehead atoms.